The largest absolute Gasteiger partial charge is 0.342 e. The van der Waals surface area contributed by atoms with Crippen LogP contribution in [0.25, 0.3) is 0 Å². The lowest BCUT2D eigenvalue weighted by molar-refractivity contribution is -0.168. The van der Waals surface area contributed by atoms with Crippen molar-refractivity contribution in [2.75, 3.05) is 26.2 Å². The number of hydrogen-bond acceptors (Lipinski definition) is 3. The minimum Gasteiger partial charge on any atom is -0.342 e. The third kappa shape index (κ3) is 4.69. The van der Waals surface area contributed by atoms with Gasteiger partial charge in [-0.25, -0.2) is 8.78 Å². The highest BCUT2D eigenvalue weighted by atomic mass is 19.3. The lowest BCUT2D eigenvalue weighted by atomic mass is 9.68. The Morgan fingerprint density at radius 1 is 0.963 bits per heavy atom. The van der Waals surface area contributed by atoms with Crippen LogP contribution in [0.15, 0.2) is 0 Å². The van der Waals surface area contributed by atoms with Crippen LogP contribution in [0.3, 0.4) is 0 Å². The van der Waals surface area contributed by atoms with Crippen LogP contribution in [-0.2, 0) is 9.59 Å². The van der Waals surface area contributed by atoms with Crippen molar-refractivity contribution >= 4 is 11.7 Å². The molecule has 2 fully saturated rings. The molecule has 2 heterocycles. The van der Waals surface area contributed by atoms with E-state index in [0.717, 1.165) is 0 Å². The summed E-state index contributed by atoms with van der Waals surface area (Å²) in [6.45, 7) is 14.3. The highest BCUT2D eigenvalue weighted by Gasteiger charge is 2.52. The van der Waals surface area contributed by atoms with Crippen molar-refractivity contribution in [1.82, 2.24) is 9.80 Å². The van der Waals surface area contributed by atoms with Gasteiger partial charge in [0.05, 0.1) is 6.54 Å². The van der Waals surface area contributed by atoms with Gasteiger partial charge in [-0.2, -0.15) is 0 Å². The van der Waals surface area contributed by atoms with E-state index < -0.39 is 28.6 Å². The normalized spacial score (nSPS) is 26.7. The number of carbonyl (C=O) groups is 2. The van der Waals surface area contributed by atoms with Crippen LogP contribution < -0.4 is 0 Å². The Bertz CT molecular complexity index is 582. The van der Waals surface area contributed by atoms with Gasteiger partial charge in [-0.1, -0.05) is 27.7 Å². The number of nitrogens with zero attached hydrogens (tertiary/aromatic N) is 2. The van der Waals surface area contributed by atoms with E-state index in [1.54, 1.807) is 9.80 Å². The first-order chi connectivity index (χ1) is 12.1. The Morgan fingerprint density at radius 2 is 1.48 bits per heavy atom. The average Bonchev–Trinajstić information content (AvgIpc) is 2.51. The van der Waals surface area contributed by atoms with Crippen molar-refractivity contribution in [2.24, 2.45) is 16.7 Å². The van der Waals surface area contributed by atoms with Gasteiger partial charge < -0.3 is 4.90 Å². The van der Waals surface area contributed by atoms with Crippen molar-refractivity contribution < 1.29 is 18.4 Å². The first kappa shape index (κ1) is 22.3. The molecule has 0 bridgehead atoms. The van der Waals surface area contributed by atoms with Crippen molar-refractivity contribution in [2.45, 2.75) is 79.2 Å². The molecule has 6 heteroatoms. The van der Waals surface area contributed by atoms with E-state index in [1.807, 2.05) is 48.5 Å². The summed E-state index contributed by atoms with van der Waals surface area (Å²) in [6, 6.07) is 0. The number of piperidine rings is 2. The second-order valence-electron chi connectivity index (χ2n) is 10.7. The predicted octanol–water partition coefficient (Wildman–Crippen LogP) is 3.99. The average molecular weight is 387 g/mol. The molecule has 1 atom stereocenters. The fourth-order valence-electron chi connectivity index (χ4n) is 4.39. The van der Waals surface area contributed by atoms with Gasteiger partial charge >= 0.3 is 0 Å². The molecule has 156 valence electrons. The maximum Gasteiger partial charge on any atom is 0.272 e. The first-order valence-corrected chi connectivity index (χ1v) is 10.0. The van der Waals surface area contributed by atoms with Crippen LogP contribution in [-0.4, -0.2) is 59.1 Å². The number of hydrogen-bond donors (Lipinski definition) is 0. The van der Waals surface area contributed by atoms with Crippen LogP contribution in [0, 0.1) is 16.7 Å². The standard InChI is InChI=1S/C21H36F2N2O2/c1-18(2,3)17(27)20(7)9-12-24(13-10-20)16(26)15-8-11-25(19(4,5)6)14-21(15,22)23/h15H,8-14H2,1-7H3. The zero-order chi connectivity index (χ0) is 20.8. The van der Waals surface area contributed by atoms with Crippen LogP contribution in [0.1, 0.15) is 67.7 Å². The molecule has 0 spiro atoms. The molecule has 27 heavy (non-hydrogen) atoms. The zero-order valence-corrected chi connectivity index (χ0v) is 18.0. The first-order valence-electron chi connectivity index (χ1n) is 10.0. The van der Waals surface area contributed by atoms with Gasteiger partial charge in [0.15, 0.2) is 0 Å². The molecule has 0 aromatic heterocycles. The number of halogens is 2. The zero-order valence-electron chi connectivity index (χ0n) is 18.0. The number of ketones is 1. The third-order valence-corrected chi connectivity index (χ3v) is 6.25. The molecule has 2 aliphatic heterocycles. The topological polar surface area (TPSA) is 40.6 Å². The Labute approximate surface area is 162 Å². The SMILES string of the molecule is CC(C)(C)C(=O)C1(C)CCN(C(=O)C2CCN(C(C)(C)C)CC2(F)F)CC1. The molecule has 1 amide bonds. The molecule has 2 saturated heterocycles. The summed E-state index contributed by atoms with van der Waals surface area (Å²) in [5, 5.41) is 0. The number of alkyl halides is 2. The predicted molar refractivity (Wildman–Crippen MR) is 103 cm³/mol. The number of likely N-dealkylation sites (tertiary alicyclic amines) is 2. The maximum absolute atomic E-state index is 14.7. The number of rotatable bonds is 2. The number of Topliss-reactive ketones (excluding diaryl/α,β-unsaturated/α-hetero) is 1. The van der Waals surface area contributed by atoms with Gasteiger partial charge in [-0.3, -0.25) is 14.5 Å². The fraction of sp³-hybridized carbons (Fsp3) is 0.905. The minimum atomic E-state index is -3.02. The molecule has 0 aliphatic carbocycles. The Kier molecular flexibility index (Phi) is 5.84. The van der Waals surface area contributed by atoms with Crippen molar-refractivity contribution in [1.29, 1.82) is 0 Å². The van der Waals surface area contributed by atoms with Gasteiger partial charge in [0, 0.05) is 29.5 Å². The maximum atomic E-state index is 14.7. The second-order valence-corrected chi connectivity index (χ2v) is 10.7. The van der Waals surface area contributed by atoms with Crippen molar-refractivity contribution in [3.63, 3.8) is 0 Å². The molecule has 0 radical (unpaired) electrons. The Balaban J connectivity index is 2.03. The summed E-state index contributed by atoms with van der Waals surface area (Å²) in [6.07, 6.45) is 1.26. The lowest BCUT2D eigenvalue weighted by Gasteiger charge is -2.46. The molecule has 2 aliphatic rings. The smallest absolute Gasteiger partial charge is 0.272 e. The van der Waals surface area contributed by atoms with Crippen LogP contribution in [0.2, 0.25) is 0 Å². The van der Waals surface area contributed by atoms with Gasteiger partial charge in [0.25, 0.3) is 5.92 Å². The fourth-order valence-corrected chi connectivity index (χ4v) is 4.39. The highest BCUT2D eigenvalue weighted by Crippen LogP contribution is 2.41. The number of amides is 1. The Hall–Kier alpha value is -1.04. The molecular formula is C21H36F2N2O2. The molecule has 0 saturated carbocycles. The van der Waals surface area contributed by atoms with Crippen molar-refractivity contribution in [3.05, 3.63) is 0 Å². The van der Waals surface area contributed by atoms with Crippen LogP contribution in [0.4, 0.5) is 8.78 Å². The quantitative estimate of drug-likeness (QED) is 0.721. The Morgan fingerprint density at radius 3 is 1.89 bits per heavy atom. The summed E-state index contributed by atoms with van der Waals surface area (Å²) in [5.41, 5.74) is -1.25. The molecule has 4 nitrogen and oxygen atoms in total. The molecule has 1 unspecified atom stereocenters. The minimum absolute atomic E-state index is 0.178. The summed E-state index contributed by atoms with van der Waals surface area (Å²) >= 11 is 0. The van der Waals surface area contributed by atoms with Gasteiger partial charge in [0.1, 0.15) is 11.7 Å². The molecule has 0 aromatic rings. The van der Waals surface area contributed by atoms with Crippen LogP contribution in [0.5, 0.6) is 0 Å². The molecule has 0 N–H and O–H groups in total. The summed E-state index contributed by atoms with van der Waals surface area (Å²) < 4.78 is 29.5. The summed E-state index contributed by atoms with van der Waals surface area (Å²) in [7, 11) is 0. The van der Waals surface area contributed by atoms with E-state index in [9.17, 15) is 18.4 Å². The van der Waals surface area contributed by atoms with Gasteiger partial charge in [-0.05, 0) is 46.6 Å². The van der Waals surface area contributed by atoms with E-state index in [1.165, 1.54) is 0 Å². The molecule has 0 aromatic carbocycles. The summed E-state index contributed by atoms with van der Waals surface area (Å²) in [4.78, 5) is 28.9. The summed E-state index contributed by atoms with van der Waals surface area (Å²) in [5.74, 6) is -4.53. The van der Waals surface area contributed by atoms with E-state index in [0.29, 0.717) is 32.5 Å². The van der Waals surface area contributed by atoms with E-state index in [2.05, 4.69) is 0 Å². The van der Waals surface area contributed by atoms with Crippen LogP contribution >= 0.6 is 0 Å². The third-order valence-electron chi connectivity index (χ3n) is 6.25. The van der Waals surface area contributed by atoms with E-state index in [-0.39, 0.29) is 24.3 Å². The second kappa shape index (κ2) is 7.09. The van der Waals surface area contributed by atoms with E-state index in [4.69, 9.17) is 0 Å². The van der Waals surface area contributed by atoms with E-state index >= 15 is 0 Å². The molecule has 2 rings (SSSR count). The van der Waals surface area contributed by atoms with Gasteiger partial charge in [-0.15, -0.1) is 0 Å². The lowest BCUT2D eigenvalue weighted by Crippen LogP contribution is -2.59. The monoisotopic (exact) mass is 386 g/mol. The number of carbonyl (C=O) groups excluding carboxylic acids is 2. The highest BCUT2D eigenvalue weighted by molar-refractivity contribution is 5.89. The molecular weight excluding hydrogens is 350 g/mol. The van der Waals surface area contributed by atoms with Crippen molar-refractivity contribution in [3.8, 4) is 0 Å². The van der Waals surface area contributed by atoms with Gasteiger partial charge in [0.2, 0.25) is 5.91 Å².